The van der Waals surface area contributed by atoms with Crippen LogP contribution in [0.1, 0.15) is 45.1 Å². The van der Waals surface area contributed by atoms with Crippen LogP contribution in [0.5, 0.6) is 5.75 Å². The molecule has 1 aromatic carbocycles. The Hall–Kier alpha value is -2.57. The molecule has 0 amide bonds. The third-order valence-electron chi connectivity index (χ3n) is 7.22. The fourth-order valence-corrected chi connectivity index (χ4v) is 5.35. The molecule has 2 atom stereocenters. The van der Waals surface area contributed by atoms with Gasteiger partial charge in [-0.1, -0.05) is 18.6 Å². The summed E-state index contributed by atoms with van der Waals surface area (Å²) in [7, 11) is 3.46. The van der Waals surface area contributed by atoms with Crippen LogP contribution < -0.4 is 4.74 Å². The Bertz CT molecular complexity index is 948. The number of hydrogen-bond donors (Lipinski definition) is 0. The Labute approximate surface area is 204 Å². The Morgan fingerprint density at radius 2 is 1.76 bits per heavy atom. The second kappa shape index (κ2) is 11.7. The number of rotatable bonds is 8. The standard InChI is InChI=1S/C28H39N3O3/c1-5-30-19-20-31(18-17-25(30)21-7-11-23(32-3)12-8-21)26-15-16-27(33-4)29-28(26)22-9-13-24(14-10-22)34-6-2/h7,9-11,13-14,16,25-26H,5-6,8,12,15,17-20H2,1-4H3. The molecule has 0 spiro atoms. The molecule has 0 aromatic heterocycles. The molecule has 0 saturated carbocycles. The highest BCUT2D eigenvalue weighted by Crippen LogP contribution is 2.30. The van der Waals surface area contributed by atoms with Gasteiger partial charge in [0.1, 0.15) is 5.75 Å². The zero-order valence-corrected chi connectivity index (χ0v) is 21.1. The molecule has 4 rings (SSSR count). The minimum atomic E-state index is 0.245. The number of benzene rings is 1. The van der Waals surface area contributed by atoms with E-state index in [1.54, 1.807) is 14.2 Å². The maximum Gasteiger partial charge on any atom is 0.209 e. The average molecular weight is 466 g/mol. The molecule has 34 heavy (non-hydrogen) atoms. The number of aliphatic imine (C=N–C) groups is 1. The van der Waals surface area contributed by atoms with Gasteiger partial charge in [0, 0.05) is 32.1 Å². The van der Waals surface area contributed by atoms with E-state index in [1.165, 1.54) is 5.57 Å². The predicted octanol–water partition coefficient (Wildman–Crippen LogP) is 4.78. The fraction of sp³-hybridized carbons (Fsp3) is 0.536. The highest BCUT2D eigenvalue weighted by molar-refractivity contribution is 6.05. The Morgan fingerprint density at radius 3 is 2.41 bits per heavy atom. The third-order valence-corrected chi connectivity index (χ3v) is 7.22. The van der Waals surface area contributed by atoms with Crippen LogP contribution in [-0.2, 0) is 9.47 Å². The molecule has 0 radical (unpaired) electrons. The number of nitrogens with zero attached hydrogens (tertiary/aromatic N) is 3. The number of methoxy groups -OCH3 is 2. The smallest absolute Gasteiger partial charge is 0.209 e. The lowest BCUT2D eigenvalue weighted by Crippen LogP contribution is -2.44. The van der Waals surface area contributed by atoms with Gasteiger partial charge in [-0.15, -0.1) is 0 Å². The van der Waals surface area contributed by atoms with Gasteiger partial charge in [-0.25, -0.2) is 4.99 Å². The monoisotopic (exact) mass is 465 g/mol. The summed E-state index contributed by atoms with van der Waals surface area (Å²) in [6, 6.07) is 9.07. The maximum atomic E-state index is 5.65. The minimum Gasteiger partial charge on any atom is -0.501 e. The first kappa shape index (κ1) is 24.6. The minimum absolute atomic E-state index is 0.245. The third kappa shape index (κ3) is 5.56. The van der Waals surface area contributed by atoms with Crippen LogP contribution in [0.25, 0.3) is 0 Å². The Morgan fingerprint density at radius 1 is 0.941 bits per heavy atom. The molecule has 1 fully saturated rings. The normalized spacial score (nSPS) is 24.4. The molecule has 2 heterocycles. The molecular weight excluding hydrogens is 426 g/mol. The van der Waals surface area contributed by atoms with Crippen molar-refractivity contribution in [3.63, 3.8) is 0 Å². The van der Waals surface area contributed by atoms with Crippen molar-refractivity contribution in [3.05, 3.63) is 65.3 Å². The second-order valence-corrected chi connectivity index (χ2v) is 9.00. The predicted molar refractivity (Wildman–Crippen MR) is 137 cm³/mol. The summed E-state index contributed by atoms with van der Waals surface area (Å²) in [6.07, 6.45) is 10.7. The van der Waals surface area contributed by atoms with Gasteiger partial charge in [0.25, 0.3) is 0 Å². The molecule has 6 heteroatoms. The van der Waals surface area contributed by atoms with Gasteiger partial charge >= 0.3 is 0 Å². The quantitative estimate of drug-likeness (QED) is 0.553. The highest BCUT2D eigenvalue weighted by Gasteiger charge is 2.32. The molecule has 0 bridgehead atoms. The van der Waals surface area contributed by atoms with Crippen molar-refractivity contribution in [2.45, 2.75) is 51.6 Å². The molecule has 184 valence electrons. The molecule has 3 aliphatic rings. The first-order valence-corrected chi connectivity index (χ1v) is 12.6. The van der Waals surface area contributed by atoms with E-state index >= 15 is 0 Å². The lowest BCUT2D eigenvalue weighted by atomic mass is 9.93. The van der Waals surface area contributed by atoms with Crippen LogP contribution in [-0.4, -0.2) is 74.6 Å². The van der Waals surface area contributed by atoms with Gasteiger partial charge in [0.2, 0.25) is 5.88 Å². The van der Waals surface area contributed by atoms with E-state index in [9.17, 15) is 0 Å². The van der Waals surface area contributed by atoms with Crippen LogP contribution in [0.15, 0.2) is 64.7 Å². The zero-order chi connectivity index (χ0) is 23.9. The van der Waals surface area contributed by atoms with E-state index in [4.69, 9.17) is 19.2 Å². The number of allylic oxidation sites excluding steroid dienone is 3. The molecule has 1 aliphatic carbocycles. The van der Waals surface area contributed by atoms with Gasteiger partial charge in [0.15, 0.2) is 0 Å². The lowest BCUT2D eigenvalue weighted by Gasteiger charge is -2.33. The van der Waals surface area contributed by atoms with Crippen LogP contribution in [0.3, 0.4) is 0 Å². The van der Waals surface area contributed by atoms with Crippen molar-refractivity contribution >= 4 is 5.71 Å². The Kier molecular flexibility index (Phi) is 8.46. The van der Waals surface area contributed by atoms with Gasteiger partial charge in [-0.3, -0.25) is 9.80 Å². The van der Waals surface area contributed by atoms with Crippen LogP contribution in [0.4, 0.5) is 0 Å². The van der Waals surface area contributed by atoms with Gasteiger partial charge < -0.3 is 14.2 Å². The molecule has 0 N–H and O–H groups in total. The highest BCUT2D eigenvalue weighted by atomic mass is 16.5. The summed E-state index contributed by atoms with van der Waals surface area (Å²) in [5.74, 6) is 2.68. The summed E-state index contributed by atoms with van der Waals surface area (Å²) in [5, 5.41) is 0. The van der Waals surface area contributed by atoms with Crippen LogP contribution in [0, 0.1) is 0 Å². The summed E-state index contributed by atoms with van der Waals surface area (Å²) < 4.78 is 16.6. The molecule has 6 nitrogen and oxygen atoms in total. The van der Waals surface area contributed by atoms with Crippen LogP contribution >= 0.6 is 0 Å². The zero-order valence-electron chi connectivity index (χ0n) is 21.1. The number of hydrogen-bond acceptors (Lipinski definition) is 6. The van der Waals surface area contributed by atoms with E-state index in [1.807, 2.05) is 19.1 Å². The molecule has 2 aliphatic heterocycles. The maximum absolute atomic E-state index is 5.65. The topological polar surface area (TPSA) is 46.5 Å². The second-order valence-electron chi connectivity index (χ2n) is 9.00. The van der Waals surface area contributed by atoms with Crippen molar-refractivity contribution in [3.8, 4) is 5.75 Å². The number of likely N-dealkylation sites (N-methyl/N-ethyl adjacent to an activating group) is 1. The van der Waals surface area contributed by atoms with Gasteiger partial charge in [0.05, 0.1) is 38.3 Å². The average Bonchev–Trinajstić information content (AvgIpc) is 3.11. The summed E-state index contributed by atoms with van der Waals surface area (Å²) in [5.41, 5.74) is 3.76. The van der Waals surface area contributed by atoms with Crippen molar-refractivity contribution in [1.29, 1.82) is 0 Å². The van der Waals surface area contributed by atoms with E-state index in [0.29, 0.717) is 18.5 Å². The van der Waals surface area contributed by atoms with E-state index < -0.39 is 0 Å². The van der Waals surface area contributed by atoms with Gasteiger partial charge in [-0.2, -0.15) is 0 Å². The molecule has 1 aromatic rings. The first-order chi connectivity index (χ1) is 16.7. The summed E-state index contributed by atoms with van der Waals surface area (Å²) >= 11 is 0. The fourth-order valence-electron chi connectivity index (χ4n) is 5.35. The van der Waals surface area contributed by atoms with Crippen LogP contribution in [0.2, 0.25) is 0 Å². The first-order valence-electron chi connectivity index (χ1n) is 12.6. The SMILES string of the molecule is CCOc1ccc(C2=NC(OC)=CCC2N2CCC(C3=CC=C(OC)CC3)N(CC)CC2)cc1. The summed E-state index contributed by atoms with van der Waals surface area (Å²) in [4.78, 5) is 10.2. The summed E-state index contributed by atoms with van der Waals surface area (Å²) in [6.45, 7) is 9.17. The molecular formula is C28H39N3O3. The molecule has 2 unspecified atom stereocenters. The van der Waals surface area contributed by atoms with E-state index in [2.05, 4.69) is 47.1 Å². The lowest BCUT2D eigenvalue weighted by molar-refractivity contribution is 0.219. The molecule has 1 saturated heterocycles. The van der Waals surface area contributed by atoms with Gasteiger partial charge in [-0.05, 0) is 74.7 Å². The largest absolute Gasteiger partial charge is 0.501 e. The number of ether oxygens (including phenoxy) is 3. The van der Waals surface area contributed by atoms with Crippen molar-refractivity contribution in [2.24, 2.45) is 4.99 Å². The van der Waals surface area contributed by atoms with Crippen molar-refractivity contribution in [2.75, 3.05) is 47.0 Å². The van der Waals surface area contributed by atoms with E-state index in [0.717, 1.165) is 74.6 Å². The van der Waals surface area contributed by atoms with Crippen molar-refractivity contribution in [1.82, 2.24) is 9.80 Å². The van der Waals surface area contributed by atoms with Crippen molar-refractivity contribution < 1.29 is 14.2 Å². The van der Waals surface area contributed by atoms with E-state index in [-0.39, 0.29) is 6.04 Å². The Balaban J connectivity index is 1.54.